The summed E-state index contributed by atoms with van der Waals surface area (Å²) in [6, 6.07) is 7.48. The van der Waals surface area contributed by atoms with Gasteiger partial charge in [0.15, 0.2) is 0 Å². The average molecular weight is 294 g/mol. The second-order valence-corrected chi connectivity index (χ2v) is 4.37. The summed E-state index contributed by atoms with van der Waals surface area (Å²) in [6.07, 6.45) is -0.693. The summed E-state index contributed by atoms with van der Waals surface area (Å²) >= 11 is 2.19. The van der Waals surface area contributed by atoms with Gasteiger partial charge in [-0.15, -0.1) is 0 Å². The third-order valence-electron chi connectivity index (χ3n) is 1.99. The van der Waals surface area contributed by atoms with E-state index in [9.17, 15) is 9.50 Å². The lowest BCUT2D eigenvalue weighted by atomic mass is 9.99. The van der Waals surface area contributed by atoms with Crippen molar-refractivity contribution in [2.75, 3.05) is 6.67 Å². The molecule has 1 aromatic rings. The van der Waals surface area contributed by atoms with Crippen LogP contribution in [0.3, 0.4) is 0 Å². The first-order chi connectivity index (χ1) is 6.15. The molecular weight excluding hydrogens is 282 g/mol. The molecule has 0 saturated carbocycles. The highest BCUT2D eigenvalue weighted by Gasteiger charge is 2.15. The topological polar surface area (TPSA) is 20.2 Å². The zero-order valence-electron chi connectivity index (χ0n) is 7.37. The molecule has 0 aromatic heterocycles. The van der Waals surface area contributed by atoms with Crippen molar-refractivity contribution in [1.29, 1.82) is 0 Å². The summed E-state index contributed by atoms with van der Waals surface area (Å²) in [6.45, 7) is 1.20. The first-order valence-corrected chi connectivity index (χ1v) is 5.22. The predicted molar refractivity (Wildman–Crippen MR) is 59.3 cm³/mol. The van der Waals surface area contributed by atoms with E-state index in [1.807, 2.05) is 24.3 Å². The first-order valence-electron chi connectivity index (χ1n) is 4.14. The van der Waals surface area contributed by atoms with Gasteiger partial charge in [-0.1, -0.05) is 19.1 Å². The molecular formula is C10H12FIO. The number of rotatable bonds is 3. The van der Waals surface area contributed by atoms with E-state index in [4.69, 9.17) is 0 Å². The van der Waals surface area contributed by atoms with Crippen LogP contribution in [0.1, 0.15) is 18.6 Å². The maximum absolute atomic E-state index is 12.2. The van der Waals surface area contributed by atoms with Crippen LogP contribution in [0, 0.1) is 9.49 Å². The van der Waals surface area contributed by atoms with Crippen LogP contribution in [-0.2, 0) is 0 Å². The van der Waals surface area contributed by atoms with Gasteiger partial charge in [-0.25, -0.2) is 0 Å². The summed E-state index contributed by atoms with van der Waals surface area (Å²) < 4.78 is 13.4. The summed E-state index contributed by atoms with van der Waals surface area (Å²) in [7, 11) is 0. The fourth-order valence-corrected chi connectivity index (χ4v) is 1.43. The quantitative estimate of drug-likeness (QED) is 0.850. The second kappa shape index (κ2) is 4.91. The van der Waals surface area contributed by atoms with Gasteiger partial charge in [0, 0.05) is 9.49 Å². The Morgan fingerprint density at radius 3 is 2.38 bits per heavy atom. The van der Waals surface area contributed by atoms with Crippen LogP contribution < -0.4 is 0 Å². The van der Waals surface area contributed by atoms with Crippen molar-refractivity contribution in [3.63, 3.8) is 0 Å². The van der Waals surface area contributed by atoms with Crippen LogP contribution in [0.25, 0.3) is 0 Å². The van der Waals surface area contributed by atoms with Crippen molar-refractivity contribution < 1.29 is 9.50 Å². The van der Waals surface area contributed by atoms with Gasteiger partial charge in [0.2, 0.25) is 0 Å². The number of hydrogen-bond acceptors (Lipinski definition) is 1. The van der Waals surface area contributed by atoms with E-state index in [1.54, 1.807) is 6.92 Å². The van der Waals surface area contributed by atoms with Crippen molar-refractivity contribution in [2.45, 2.75) is 13.0 Å². The molecule has 0 heterocycles. The molecule has 0 radical (unpaired) electrons. The van der Waals surface area contributed by atoms with E-state index in [1.165, 1.54) is 0 Å². The Morgan fingerprint density at radius 1 is 1.38 bits per heavy atom. The summed E-state index contributed by atoms with van der Waals surface area (Å²) in [5.74, 6) is -0.333. The second-order valence-electron chi connectivity index (χ2n) is 3.13. The molecule has 3 heteroatoms. The monoisotopic (exact) mass is 294 g/mol. The molecule has 1 nitrogen and oxygen atoms in total. The van der Waals surface area contributed by atoms with Crippen LogP contribution in [0.5, 0.6) is 0 Å². The van der Waals surface area contributed by atoms with Crippen LogP contribution in [0.15, 0.2) is 24.3 Å². The molecule has 2 atom stereocenters. The molecule has 0 unspecified atom stereocenters. The number of aliphatic hydroxyl groups excluding tert-OH is 1. The van der Waals surface area contributed by atoms with Crippen molar-refractivity contribution in [3.05, 3.63) is 33.4 Å². The Labute approximate surface area is 91.1 Å². The van der Waals surface area contributed by atoms with E-state index < -0.39 is 12.8 Å². The highest BCUT2D eigenvalue weighted by atomic mass is 127. The van der Waals surface area contributed by atoms with E-state index in [0.717, 1.165) is 9.13 Å². The lowest BCUT2D eigenvalue weighted by Gasteiger charge is -2.15. The maximum Gasteiger partial charge on any atom is 0.0948 e. The zero-order chi connectivity index (χ0) is 9.84. The predicted octanol–water partition coefficient (Wildman–Crippen LogP) is 2.93. The number of halogens is 2. The van der Waals surface area contributed by atoms with Gasteiger partial charge >= 0.3 is 0 Å². The molecule has 0 fully saturated rings. The normalized spacial score (nSPS) is 15.4. The summed E-state index contributed by atoms with van der Waals surface area (Å²) in [5.41, 5.74) is 0.783. The van der Waals surface area contributed by atoms with Gasteiger partial charge in [0.1, 0.15) is 0 Å². The average Bonchev–Trinajstić information content (AvgIpc) is 2.17. The van der Waals surface area contributed by atoms with Gasteiger partial charge in [0.25, 0.3) is 0 Å². The van der Waals surface area contributed by atoms with E-state index in [2.05, 4.69) is 22.6 Å². The third-order valence-corrected chi connectivity index (χ3v) is 2.71. The Balaban J connectivity index is 2.77. The highest BCUT2D eigenvalue weighted by molar-refractivity contribution is 14.1. The summed E-state index contributed by atoms with van der Waals surface area (Å²) in [4.78, 5) is 0. The minimum Gasteiger partial charge on any atom is -0.388 e. The molecule has 0 aliphatic carbocycles. The molecule has 1 aromatic carbocycles. The standard InChI is InChI=1S/C10H12FIO/c1-7(6-11)10(13)8-2-4-9(12)5-3-8/h2-5,7,10,13H,6H2,1H3/t7-,10+/m1/s1. The fraction of sp³-hybridized carbons (Fsp3) is 0.400. The number of alkyl halides is 1. The minimum absolute atomic E-state index is 0.333. The molecule has 0 spiro atoms. The lowest BCUT2D eigenvalue weighted by Crippen LogP contribution is -2.10. The zero-order valence-corrected chi connectivity index (χ0v) is 9.53. The van der Waals surface area contributed by atoms with Crippen molar-refractivity contribution in [1.82, 2.24) is 0 Å². The van der Waals surface area contributed by atoms with E-state index >= 15 is 0 Å². The SMILES string of the molecule is C[C@H](CF)[C@H](O)c1ccc(I)cc1. The largest absolute Gasteiger partial charge is 0.388 e. The maximum atomic E-state index is 12.2. The van der Waals surface area contributed by atoms with E-state index in [-0.39, 0.29) is 5.92 Å². The van der Waals surface area contributed by atoms with Crippen molar-refractivity contribution in [3.8, 4) is 0 Å². The molecule has 72 valence electrons. The van der Waals surface area contributed by atoms with Crippen LogP contribution in [0.4, 0.5) is 4.39 Å². The fourth-order valence-electron chi connectivity index (χ4n) is 1.07. The molecule has 13 heavy (non-hydrogen) atoms. The molecule has 0 saturated heterocycles. The minimum atomic E-state index is -0.693. The molecule has 0 aliphatic heterocycles. The molecule has 1 N–H and O–H groups in total. The van der Waals surface area contributed by atoms with Crippen molar-refractivity contribution in [2.24, 2.45) is 5.92 Å². The van der Waals surface area contributed by atoms with Crippen LogP contribution in [0.2, 0.25) is 0 Å². The van der Waals surface area contributed by atoms with E-state index in [0.29, 0.717) is 0 Å². The Morgan fingerprint density at radius 2 is 1.92 bits per heavy atom. The lowest BCUT2D eigenvalue weighted by molar-refractivity contribution is 0.102. The van der Waals surface area contributed by atoms with Gasteiger partial charge in [-0.3, -0.25) is 4.39 Å². The van der Waals surface area contributed by atoms with Gasteiger partial charge in [0.05, 0.1) is 12.8 Å². The Kier molecular flexibility index (Phi) is 4.12. The Hall–Kier alpha value is -0.160. The van der Waals surface area contributed by atoms with Crippen LogP contribution in [-0.4, -0.2) is 11.8 Å². The van der Waals surface area contributed by atoms with Gasteiger partial charge in [-0.2, -0.15) is 0 Å². The number of hydrogen-bond donors (Lipinski definition) is 1. The number of benzene rings is 1. The van der Waals surface area contributed by atoms with Gasteiger partial charge in [-0.05, 0) is 40.3 Å². The first kappa shape index (κ1) is 10.9. The summed E-state index contributed by atoms with van der Waals surface area (Å²) in [5, 5.41) is 9.64. The number of aliphatic hydroxyl groups is 1. The molecule has 0 amide bonds. The Bertz CT molecular complexity index is 260. The smallest absolute Gasteiger partial charge is 0.0948 e. The van der Waals surface area contributed by atoms with Crippen molar-refractivity contribution >= 4 is 22.6 Å². The van der Waals surface area contributed by atoms with Gasteiger partial charge < -0.3 is 5.11 Å². The molecule has 0 bridgehead atoms. The van der Waals surface area contributed by atoms with Crippen LogP contribution >= 0.6 is 22.6 Å². The third kappa shape index (κ3) is 2.91. The molecule has 0 aliphatic rings. The molecule has 1 rings (SSSR count). The highest BCUT2D eigenvalue weighted by Crippen LogP contribution is 2.22.